The molecule has 1 aromatic carbocycles. The van der Waals surface area contributed by atoms with Gasteiger partial charge in [-0.1, -0.05) is 26.0 Å². The topological polar surface area (TPSA) is 80.3 Å². The Hall–Kier alpha value is -2.36. The summed E-state index contributed by atoms with van der Waals surface area (Å²) in [5.74, 6) is 0.670. The van der Waals surface area contributed by atoms with Crippen LogP contribution in [0.1, 0.15) is 13.8 Å². The molecule has 160 valence electrons. The van der Waals surface area contributed by atoms with Crippen LogP contribution in [0.15, 0.2) is 36.5 Å². The van der Waals surface area contributed by atoms with Crippen LogP contribution in [0.2, 0.25) is 0 Å². The summed E-state index contributed by atoms with van der Waals surface area (Å²) in [7, 11) is 0. The number of hydrogen-bond donors (Lipinski definition) is 3. The second-order valence-electron chi connectivity index (χ2n) is 7.98. The fraction of sp³-hybridized carbons (Fsp3) is 0.476. The molecule has 0 saturated carbocycles. The molecule has 1 aromatic heterocycles. The van der Waals surface area contributed by atoms with Crippen LogP contribution in [0.5, 0.6) is 0 Å². The van der Waals surface area contributed by atoms with Gasteiger partial charge in [-0.25, -0.2) is 14.4 Å². The van der Waals surface area contributed by atoms with Gasteiger partial charge in [0.05, 0.1) is 31.0 Å². The number of rotatable bonds is 6. The van der Waals surface area contributed by atoms with Crippen molar-refractivity contribution in [3.63, 3.8) is 0 Å². The van der Waals surface area contributed by atoms with Crippen LogP contribution >= 0.6 is 12.2 Å². The number of hydrogen-bond acceptors (Lipinski definition) is 6. The van der Waals surface area contributed by atoms with Gasteiger partial charge in [-0.2, -0.15) is 0 Å². The predicted molar refractivity (Wildman–Crippen MR) is 117 cm³/mol. The Morgan fingerprint density at radius 1 is 1.20 bits per heavy atom. The van der Waals surface area contributed by atoms with Gasteiger partial charge < -0.3 is 25.4 Å². The Bertz CT molecular complexity index is 899. The summed E-state index contributed by atoms with van der Waals surface area (Å²) in [5.41, 5.74) is 1.35. The van der Waals surface area contributed by atoms with Gasteiger partial charge in [0.15, 0.2) is 5.11 Å². The largest absolute Gasteiger partial charge is 0.371 e. The zero-order valence-corrected chi connectivity index (χ0v) is 17.8. The summed E-state index contributed by atoms with van der Waals surface area (Å²) in [4.78, 5) is 8.82. The van der Waals surface area contributed by atoms with E-state index in [1.54, 1.807) is 18.3 Å². The van der Waals surface area contributed by atoms with Crippen LogP contribution in [0.25, 0.3) is 11.3 Å². The Balaban J connectivity index is 1.37. The Morgan fingerprint density at radius 2 is 1.97 bits per heavy atom. The molecule has 2 fully saturated rings. The number of ether oxygens (including phenoxy) is 2. The minimum Gasteiger partial charge on any atom is -0.371 e. The van der Waals surface area contributed by atoms with Crippen molar-refractivity contribution < 1.29 is 13.9 Å². The first kappa shape index (κ1) is 20.9. The molecule has 2 aliphatic heterocycles. The third kappa shape index (κ3) is 4.85. The molecule has 4 atom stereocenters. The normalized spacial score (nSPS) is 25.2. The van der Waals surface area contributed by atoms with E-state index in [1.165, 1.54) is 12.1 Å². The molecule has 0 aliphatic carbocycles. The smallest absolute Gasteiger partial charge is 0.223 e. The van der Waals surface area contributed by atoms with Gasteiger partial charge in [-0.3, -0.25) is 0 Å². The third-order valence-electron chi connectivity index (χ3n) is 5.13. The van der Waals surface area contributed by atoms with E-state index in [0.29, 0.717) is 41.4 Å². The summed E-state index contributed by atoms with van der Waals surface area (Å²) in [6, 6.07) is 8.01. The van der Waals surface area contributed by atoms with Crippen LogP contribution in [0, 0.1) is 11.7 Å². The molecule has 0 spiro atoms. The summed E-state index contributed by atoms with van der Waals surface area (Å²) >= 11 is 5.38. The molecular formula is C21H26FN5O2S. The quantitative estimate of drug-likeness (QED) is 0.602. The van der Waals surface area contributed by atoms with Crippen molar-refractivity contribution in [1.82, 2.24) is 20.6 Å². The van der Waals surface area contributed by atoms with Crippen LogP contribution in [-0.4, -0.2) is 59.1 Å². The highest BCUT2D eigenvalue weighted by Gasteiger charge is 2.48. The minimum atomic E-state index is -0.300. The highest BCUT2D eigenvalue weighted by molar-refractivity contribution is 7.80. The van der Waals surface area contributed by atoms with Gasteiger partial charge in [0.2, 0.25) is 5.95 Å². The molecular weight excluding hydrogens is 405 g/mol. The van der Waals surface area contributed by atoms with Gasteiger partial charge in [0.25, 0.3) is 0 Å². The molecule has 4 unspecified atom stereocenters. The molecule has 4 rings (SSSR count). The van der Waals surface area contributed by atoms with E-state index in [1.807, 2.05) is 6.07 Å². The average Bonchev–Trinajstić information content (AvgIpc) is 3.30. The van der Waals surface area contributed by atoms with Crippen molar-refractivity contribution in [3.8, 4) is 11.3 Å². The lowest BCUT2D eigenvalue weighted by atomic mass is 10.1. The van der Waals surface area contributed by atoms with E-state index in [2.05, 4.69) is 39.8 Å². The summed E-state index contributed by atoms with van der Waals surface area (Å²) in [5, 5.41) is 10.4. The Kier molecular flexibility index (Phi) is 6.40. The molecule has 30 heavy (non-hydrogen) atoms. The molecule has 9 heteroatoms. The van der Waals surface area contributed by atoms with Crippen molar-refractivity contribution in [2.75, 3.05) is 25.1 Å². The number of aromatic nitrogens is 2. The fourth-order valence-corrected chi connectivity index (χ4v) is 3.90. The molecule has 7 nitrogen and oxygen atoms in total. The number of thiocarbonyl (C=S) groups is 1. The lowest BCUT2D eigenvalue weighted by molar-refractivity contribution is 0.0688. The van der Waals surface area contributed by atoms with E-state index in [9.17, 15) is 4.39 Å². The van der Waals surface area contributed by atoms with E-state index in [-0.39, 0.29) is 30.1 Å². The first-order valence-electron chi connectivity index (χ1n) is 10.1. The van der Waals surface area contributed by atoms with Crippen molar-refractivity contribution in [1.29, 1.82) is 0 Å². The van der Waals surface area contributed by atoms with Crippen LogP contribution in [-0.2, 0) is 9.47 Å². The number of nitrogens with one attached hydrogen (secondary N) is 3. The van der Waals surface area contributed by atoms with E-state index in [0.717, 1.165) is 6.54 Å². The van der Waals surface area contributed by atoms with Crippen molar-refractivity contribution in [3.05, 3.63) is 42.3 Å². The van der Waals surface area contributed by atoms with Gasteiger partial charge in [-0.15, -0.1) is 0 Å². The summed E-state index contributed by atoms with van der Waals surface area (Å²) in [6.45, 7) is 6.07. The van der Waals surface area contributed by atoms with Gasteiger partial charge in [-0.05, 0) is 36.3 Å². The van der Waals surface area contributed by atoms with Gasteiger partial charge >= 0.3 is 0 Å². The van der Waals surface area contributed by atoms with Crippen LogP contribution in [0.3, 0.4) is 0 Å². The highest BCUT2D eigenvalue weighted by Crippen LogP contribution is 2.29. The molecule has 0 radical (unpaired) electrons. The van der Waals surface area contributed by atoms with Gasteiger partial charge in [0.1, 0.15) is 18.0 Å². The van der Waals surface area contributed by atoms with Crippen molar-refractivity contribution in [2.24, 2.45) is 5.92 Å². The standard InChI is InChI=1S/C21H26FN5O2S/c1-12(2)9-24-21(30)27-17-11-29-18-16(10-28-19(17)18)26-20-23-7-6-15(25-20)13-4-3-5-14(22)8-13/h3-8,12,16-19H,9-11H2,1-2H3,(H,23,25,26)(H2,24,27,30). The number of anilines is 1. The molecule has 2 aliphatic rings. The lowest BCUT2D eigenvalue weighted by Crippen LogP contribution is -2.49. The molecule has 3 heterocycles. The number of halogens is 1. The zero-order chi connectivity index (χ0) is 21.1. The summed E-state index contributed by atoms with van der Waals surface area (Å²) in [6.07, 6.45) is 1.42. The maximum absolute atomic E-state index is 13.5. The van der Waals surface area contributed by atoms with Crippen LogP contribution < -0.4 is 16.0 Å². The monoisotopic (exact) mass is 431 g/mol. The van der Waals surface area contributed by atoms with Crippen molar-refractivity contribution >= 4 is 23.3 Å². The number of nitrogens with zero attached hydrogens (tertiary/aromatic N) is 2. The Morgan fingerprint density at radius 3 is 2.73 bits per heavy atom. The summed E-state index contributed by atoms with van der Waals surface area (Å²) < 4.78 is 25.5. The SMILES string of the molecule is CC(C)CNC(=S)NC1COC2C(Nc3nccc(-c4cccc(F)c4)n3)COC12. The molecule has 2 saturated heterocycles. The first-order valence-corrected chi connectivity index (χ1v) is 10.5. The molecule has 2 aromatic rings. The second kappa shape index (κ2) is 9.20. The van der Waals surface area contributed by atoms with Crippen molar-refractivity contribution in [2.45, 2.75) is 38.1 Å². The molecule has 3 N–H and O–H groups in total. The maximum atomic E-state index is 13.5. The second-order valence-corrected chi connectivity index (χ2v) is 8.39. The minimum absolute atomic E-state index is 0.00601. The molecule has 0 amide bonds. The fourth-order valence-electron chi connectivity index (χ4n) is 3.67. The third-order valence-corrected chi connectivity index (χ3v) is 5.39. The highest BCUT2D eigenvalue weighted by atomic mass is 32.1. The Labute approximate surface area is 180 Å². The maximum Gasteiger partial charge on any atom is 0.223 e. The number of benzene rings is 1. The number of fused-ring (bicyclic) bond motifs is 1. The van der Waals surface area contributed by atoms with E-state index < -0.39 is 0 Å². The first-order chi connectivity index (χ1) is 14.5. The van der Waals surface area contributed by atoms with Crippen LogP contribution in [0.4, 0.5) is 10.3 Å². The average molecular weight is 432 g/mol. The van der Waals surface area contributed by atoms with Gasteiger partial charge in [0, 0.05) is 18.3 Å². The predicted octanol–water partition coefficient (Wildman–Crippen LogP) is 2.35. The van der Waals surface area contributed by atoms with E-state index in [4.69, 9.17) is 21.7 Å². The lowest BCUT2D eigenvalue weighted by Gasteiger charge is -2.20. The molecule has 0 bridgehead atoms. The van der Waals surface area contributed by atoms with E-state index >= 15 is 0 Å². The zero-order valence-electron chi connectivity index (χ0n) is 17.0.